The number of hydrogen-bond acceptors (Lipinski definition) is 5. The Kier molecular flexibility index (Phi) is 6.57. The molecule has 0 amide bonds. The number of methoxy groups -OCH3 is 1. The van der Waals surface area contributed by atoms with Crippen molar-refractivity contribution in [1.29, 1.82) is 0 Å². The molecule has 1 aliphatic heterocycles. The van der Waals surface area contributed by atoms with Crippen molar-refractivity contribution in [2.75, 3.05) is 7.11 Å². The molecule has 3 aromatic rings. The van der Waals surface area contributed by atoms with E-state index in [1.165, 1.54) is 0 Å². The molecule has 3 aromatic carbocycles. The highest BCUT2D eigenvalue weighted by atomic mass is 16.6. The summed E-state index contributed by atoms with van der Waals surface area (Å²) in [7, 11) is 1.61. The molecule has 32 heavy (non-hydrogen) atoms. The minimum absolute atomic E-state index is 0.391. The van der Waals surface area contributed by atoms with Gasteiger partial charge in [0.1, 0.15) is 18.5 Å². The molecule has 1 atom stereocenters. The van der Waals surface area contributed by atoms with E-state index in [1.807, 2.05) is 86.6 Å². The summed E-state index contributed by atoms with van der Waals surface area (Å²) in [5.74, 6) is 1.94. The van der Waals surface area contributed by atoms with Crippen LogP contribution >= 0.6 is 0 Å². The second-order valence-electron chi connectivity index (χ2n) is 7.82. The van der Waals surface area contributed by atoms with Gasteiger partial charge in [0.15, 0.2) is 11.5 Å². The van der Waals surface area contributed by atoms with Gasteiger partial charge in [0.2, 0.25) is 0 Å². The molecular weight excluding hydrogens is 402 g/mol. The molecule has 1 unspecified atom stereocenters. The van der Waals surface area contributed by atoms with Gasteiger partial charge in [-0.3, -0.25) is 0 Å². The summed E-state index contributed by atoms with van der Waals surface area (Å²) < 4.78 is 11.7. The van der Waals surface area contributed by atoms with Crippen LogP contribution in [0.5, 0.6) is 11.5 Å². The molecule has 0 radical (unpaired) electrons. The number of nitrogens with zero attached hydrogens (tertiary/aromatic N) is 1. The molecule has 0 fully saturated rings. The van der Waals surface area contributed by atoms with Crippen molar-refractivity contribution in [3.8, 4) is 11.5 Å². The van der Waals surface area contributed by atoms with E-state index in [9.17, 15) is 5.11 Å². The van der Waals surface area contributed by atoms with Crippen molar-refractivity contribution in [3.63, 3.8) is 0 Å². The highest BCUT2D eigenvalue weighted by molar-refractivity contribution is 6.04. The average Bonchev–Trinajstić information content (AvgIpc) is 2.84. The zero-order chi connectivity index (χ0) is 22.5. The monoisotopic (exact) mass is 429 g/mol. The quantitative estimate of drug-likeness (QED) is 0.518. The Balaban J connectivity index is 1.76. The summed E-state index contributed by atoms with van der Waals surface area (Å²) in [6.45, 7) is 4.31. The largest absolute Gasteiger partial charge is 0.493 e. The van der Waals surface area contributed by atoms with Gasteiger partial charge in [0, 0.05) is 12.0 Å². The molecule has 0 saturated carbocycles. The lowest BCUT2D eigenvalue weighted by atomic mass is 9.91. The first kappa shape index (κ1) is 21.7. The molecule has 5 heteroatoms. The number of rotatable bonds is 7. The zero-order valence-electron chi connectivity index (χ0n) is 18.5. The number of aliphatic hydroxyl groups excluding tert-OH is 1. The minimum Gasteiger partial charge on any atom is -0.493 e. The highest BCUT2D eigenvalue weighted by Crippen LogP contribution is 2.38. The molecule has 1 heterocycles. The van der Waals surface area contributed by atoms with Crippen LogP contribution in [-0.4, -0.2) is 17.9 Å². The fourth-order valence-corrected chi connectivity index (χ4v) is 3.63. The van der Waals surface area contributed by atoms with E-state index in [0.29, 0.717) is 30.1 Å². The number of ether oxygens (including phenoxy) is 2. The van der Waals surface area contributed by atoms with Gasteiger partial charge < -0.3 is 19.4 Å². The second kappa shape index (κ2) is 9.71. The highest BCUT2D eigenvalue weighted by Gasteiger charge is 2.24. The third-order valence-corrected chi connectivity index (χ3v) is 5.62. The molecule has 5 nitrogen and oxygen atoms in total. The molecule has 0 aromatic heterocycles. The molecule has 164 valence electrons. The molecule has 0 spiro atoms. The molecular formula is C27H27NO4. The summed E-state index contributed by atoms with van der Waals surface area (Å²) in [6.07, 6.45) is -0.223. The van der Waals surface area contributed by atoms with Crippen molar-refractivity contribution in [2.24, 2.45) is 5.16 Å². The van der Waals surface area contributed by atoms with E-state index in [-0.39, 0.29) is 0 Å². The van der Waals surface area contributed by atoms with Crippen LogP contribution in [0.4, 0.5) is 0 Å². The predicted molar refractivity (Wildman–Crippen MR) is 125 cm³/mol. The molecule has 0 bridgehead atoms. The van der Waals surface area contributed by atoms with Gasteiger partial charge in [-0.2, -0.15) is 0 Å². The lowest BCUT2D eigenvalue weighted by Gasteiger charge is -2.22. The maximum absolute atomic E-state index is 11.3. The topological polar surface area (TPSA) is 60.3 Å². The fourth-order valence-electron chi connectivity index (χ4n) is 3.63. The number of benzene rings is 3. The Bertz CT molecular complexity index is 1140. The molecule has 4 rings (SSSR count). The van der Waals surface area contributed by atoms with Crippen molar-refractivity contribution in [3.05, 3.63) is 106 Å². The number of aliphatic hydroxyl groups is 1. The molecule has 1 N–H and O–H groups in total. The van der Waals surface area contributed by atoms with E-state index >= 15 is 0 Å². The van der Waals surface area contributed by atoms with Crippen LogP contribution in [0.15, 0.2) is 89.3 Å². The molecule has 0 saturated heterocycles. The number of allylic oxidation sites excluding steroid dienone is 2. The predicted octanol–water partition coefficient (Wildman–Crippen LogP) is 5.77. The lowest BCUT2D eigenvalue weighted by Crippen LogP contribution is -2.14. The summed E-state index contributed by atoms with van der Waals surface area (Å²) in [4.78, 5) is 5.52. The maximum Gasteiger partial charge on any atom is 0.162 e. The lowest BCUT2D eigenvalue weighted by molar-refractivity contribution is 0.215. The average molecular weight is 430 g/mol. The fraction of sp³-hybridized carbons (Fsp3) is 0.222. The number of oxime groups is 1. The van der Waals surface area contributed by atoms with Crippen LogP contribution in [0.3, 0.4) is 0 Å². The van der Waals surface area contributed by atoms with Gasteiger partial charge in [0.05, 0.1) is 12.8 Å². The number of hydrogen-bond donors (Lipinski definition) is 1. The van der Waals surface area contributed by atoms with Crippen molar-refractivity contribution < 1.29 is 19.4 Å². The van der Waals surface area contributed by atoms with Crippen molar-refractivity contribution in [1.82, 2.24) is 0 Å². The standard InChI is InChI=1S/C27H27NO4/c1-18-14-24(28-32-19(18)2)22-15-25(30-3)26(31-17-20-10-6-4-7-11-20)16-23(22)27(29)21-12-8-5-9-13-21/h4-13,15-16,27,29H,14,17H2,1-3H3. The molecule has 1 aliphatic rings. The Hall–Kier alpha value is -3.57. The first-order valence-corrected chi connectivity index (χ1v) is 10.6. The van der Waals surface area contributed by atoms with Gasteiger partial charge in [-0.25, -0.2) is 0 Å². The third kappa shape index (κ3) is 4.68. The third-order valence-electron chi connectivity index (χ3n) is 5.62. The Morgan fingerprint density at radius 1 is 0.969 bits per heavy atom. The van der Waals surface area contributed by atoms with Crippen LogP contribution < -0.4 is 9.47 Å². The first-order valence-electron chi connectivity index (χ1n) is 10.6. The summed E-state index contributed by atoms with van der Waals surface area (Å²) in [6, 6.07) is 23.2. The van der Waals surface area contributed by atoms with Gasteiger partial charge in [0.25, 0.3) is 0 Å². The smallest absolute Gasteiger partial charge is 0.162 e. The zero-order valence-corrected chi connectivity index (χ0v) is 18.5. The van der Waals surface area contributed by atoms with Gasteiger partial charge in [-0.05, 0) is 48.2 Å². The minimum atomic E-state index is -0.855. The van der Waals surface area contributed by atoms with Gasteiger partial charge >= 0.3 is 0 Å². The second-order valence-corrected chi connectivity index (χ2v) is 7.82. The van der Waals surface area contributed by atoms with Crippen LogP contribution in [-0.2, 0) is 11.4 Å². The molecule has 0 aliphatic carbocycles. The Morgan fingerprint density at radius 2 is 1.66 bits per heavy atom. The van der Waals surface area contributed by atoms with Crippen LogP contribution in [0.25, 0.3) is 0 Å². The maximum atomic E-state index is 11.3. The first-order chi connectivity index (χ1) is 15.6. The van der Waals surface area contributed by atoms with Crippen molar-refractivity contribution in [2.45, 2.75) is 33.0 Å². The van der Waals surface area contributed by atoms with Crippen LogP contribution in [0.1, 0.15) is 48.6 Å². The van der Waals surface area contributed by atoms with E-state index in [0.717, 1.165) is 33.7 Å². The van der Waals surface area contributed by atoms with E-state index in [4.69, 9.17) is 14.3 Å². The summed E-state index contributed by atoms with van der Waals surface area (Å²) >= 11 is 0. The Labute approximate surface area is 188 Å². The van der Waals surface area contributed by atoms with E-state index < -0.39 is 6.10 Å². The Morgan fingerprint density at radius 3 is 2.31 bits per heavy atom. The van der Waals surface area contributed by atoms with E-state index in [2.05, 4.69) is 5.16 Å². The van der Waals surface area contributed by atoms with E-state index in [1.54, 1.807) is 7.11 Å². The van der Waals surface area contributed by atoms with Crippen molar-refractivity contribution >= 4 is 5.71 Å². The van der Waals surface area contributed by atoms with Crippen LogP contribution in [0.2, 0.25) is 0 Å². The normalized spacial score (nSPS) is 14.4. The van der Waals surface area contributed by atoms with Crippen LogP contribution in [0, 0.1) is 0 Å². The SMILES string of the molecule is COc1cc(C2=NOC(C)=C(C)C2)c(C(O)c2ccccc2)cc1OCc1ccccc1. The van der Waals surface area contributed by atoms with Gasteiger partial charge in [-0.15, -0.1) is 0 Å². The summed E-state index contributed by atoms with van der Waals surface area (Å²) in [5.41, 5.74) is 5.13. The summed E-state index contributed by atoms with van der Waals surface area (Å²) in [5, 5.41) is 15.6. The van der Waals surface area contributed by atoms with Gasteiger partial charge in [-0.1, -0.05) is 65.8 Å².